The van der Waals surface area contributed by atoms with Gasteiger partial charge in [0.1, 0.15) is 18.1 Å². The van der Waals surface area contributed by atoms with Crippen molar-refractivity contribution in [1.29, 1.82) is 0 Å². The largest absolute Gasteiger partial charge is 0.497 e. The minimum atomic E-state index is -1.58. The van der Waals surface area contributed by atoms with Crippen LogP contribution in [0.25, 0.3) is 5.57 Å². The number of ether oxygens (including phenoxy) is 4. The summed E-state index contributed by atoms with van der Waals surface area (Å²) in [5.74, 6) is -0.601. The van der Waals surface area contributed by atoms with Crippen LogP contribution in [0.15, 0.2) is 90.5 Å². The van der Waals surface area contributed by atoms with Gasteiger partial charge >= 0.3 is 11.9 Å². The molecule has 1 aliphatic heterocycles. The quantitative estimate of drug-likeness (QED) is 0.235. The second-order valence-electron chi connectivity index (χ2n) is 10.0. The first kappa shape index (κ1) is 25.6. The number of methoxy groups -OCH3 is 2. The number of hydrogen-bond donors (Lipinski definition) is 0. The highest BCUT2D eigenvalue weighted by molar-refractivity contribution is 6.21. The molecule has 2 fully saturated rings. The average Bonchev–Trinajstić information content (AvgIpc) is 3.52. The van der Waals surface area contributed by atoms with Crippen molar-refractivity contribution in [2.45, 2.75) is 12.8 Å². The molecule has 7 heteroatoms. The summed E-state index contributed by atoms with van der Waals surface area (Å²) in [7, 11) is 3.22. The van der Waals surface area contributed by atoms with E-state index in [4.69, 9.17) is 18.9 Å². The van der Waals surface area contributed by atoms with Crippen molar-refractivity contribution in [3.05, 3.63) is 113 Å². The van der Waals surface area contributed by atoms with Crippen LogP contribution in [0.2, 0.25) is 0 Å². The monoisotopic (exact) mass is 536 g/mol. The molecule has 3 atom stereocenters. The van der Waals surface area contributed by atoms with Gasteiger partial charge in [-0.05, 0) is 53.5 Å². The Morgan fingerprint density at radius 3 is 2.10 bits per heavy atom. The molecule has 1 heterocycles. The van der Waals surface area contributed by atoms with E-state index in [0.717, 1.165) is 28.2 Å². The number of carbonyl (C=O) groups excluding carboxylic acids is 3. The fourth-order valence-corrected chi connectivity index (χ4v) is 6.49. The summed E-state index contributed by atoms with van der Waals surface area (Å²) in [5, 5.41) is 0. The predicted octanol–water partition coefficient (Wildman–Crippen LogP) is 5.15. The Morgan fingerprint density at radius 1 is 0.925 bits per heavy atom. The van der Waals surface area contributed by atoms with Crippen LogP contribution in [-0.4, -0.2) is 45.2 Å². The molecule has 0 N–H and O–H groups in total. The number of Topliss-reactive ketones (excluding diaryl/α,β-unsaturated/α-hetero) is 1. The maximum absolute atomic E-state index is 14.0. The lowest BCUT2D eigenvalue weighted by Crippen LogP contribution is -2.31. The number of ketones is 1. The van der Waals surface area contributed by atoms with Crippen molar-refractivity contribution in [1.82, 2.24) is 0 Å². The number of benzene rings is 3. The first-order chi connectivity index (χ1) is 19.4. The SMILES string of the molecule is CCOC(=O)[C@@]12C(=O)OC[C@@]13/C(=C\C=C(c1ccc(OC)cc1)c1ccc(OC)cc1)C(=O)c1ccccc1[C@@H]23. The number of cyclic esters (lactones) is 1. The molecule has 6 rings (SSSR count). The fraction of sp³-hybridized carbons (Fsp3) is 0.242. The maximum Gasteiger partial charge on any atom is 0.325 e. The molecule has 0 aromatic heterocycles. The molecule has 0 amide bonds. The molecule has 202 valence electrons. The lowest BCUT2D eigenvalue weighted by atomic mass is 9.78. The van der Waals surface area contributed by atoms with Crippen LogP contribution in [0.3, 0.4) is 0 Å². The minimum absolute atomic E-state index is 0.0601. The van der Waals surface area contributed by atoms with Gasteiger partial charge in [-0.15, -0.1) is 0 Å². The molecule has 3 aromatic carbocycles. The third kappa shape index (κ3) is 3.40. The summed E-state index contributed by atoms with van der Waals surface area (Å²) in [6.07, 6.45) is 3.62. The zero-order valence-electron chi connectivity index (χ0n) is 22.4. The van der Waals surface area contributed by atoms with E-state index in [2.05, 4.69) is 0 Å². The Kier molecular flexibility index (Phi) is 6.10. The Balaban J connectivity index is 1.55. The molecule has 1 spiro atoms. The lowest BCUT2D eigenvalue weighted by Gasteiger charge is -2.24. The van der Waals surface area contributed by atoms with Gasteiger partial charge in [-0.1, -0.05) is 60.7 Å². The van der Waals surface area contributed by atoms with E-state index < -0.39 is 28.7 Å². The second-order valence-corrected chi connectivity index (χ2v) is 10.0. The molecular weight excluding hydrogens is 508 g/mol. The van der Waals surface area contributed by atoms with Crippen LogP contribution < -0.4 is 9.47 Å². The van der Waals surface area contributed by atoms with Gasteiger partial charge in [0.15, 0.2) is 11.2 Å². The van der Waals surface area contributed by atoms with Crippen molar-refractivity contribution in [2.24, 2.45) is 10.8 Å². The third-order valence-electron chi connectivity index (χ3n) is 8.36. The van der Waals surface area contributed by atoms with Gasteiger partial charge in [0.2, 0.25) is 0 Å². The van der Waals surface area contributed by atoms with E-state index in [-0.39, 0.29) is 19.0 Å². The smallest absolute Gasteiger partial charge is 0.325 e. The zero-order valence-corrected chi connectivity index (χ0v) is 22.4. The van der Waals surface area contributed by atoms with E-state index in [0.29, 0.717) is 16.7 Å². The Hall–Kier alpha value is -4.65. The molecule has 1 saturated heterocycles. The highest BCUT2D eigenvalue weighted by Gasteiger charge is 2.93. The topological polar surface area (TPSA) is 88.1 Å². The summed E-state index contributed by atoms with van der Waals surface area (Å²) < 4.78 is 21.6. The predicted molar refractivity (Wildman–Crippen MR) is 147 cm³/mol. The van der Waals surface area contributed by atoms with Crippen LogP contribution in [-0.2, 0) is 19.1 Å². The van der Waals surface area contributed by atoms with E-state index in [1.165, 1.54) is 0 Å². The van der Waals surface area contributed by atoms with Crippen molar-refractivity contribution in [3.63, 3.8) is 0 Å². The molecule has 40 heavy (non-hydrogen) atoms. The first-order valence-corrected chi connectivity index (χ1v) is 13.1. The summed E-state index contributed by atoms with van der Waals surface area (Å²) in [6.45, 7) is 1.75. The normalized spacial score (nSPS) is 24.8. The van der Waals surface area contributed by atoms with Gasteiger partial charge in [-0.2, -0.15) is 0 Å². The standard InChI is InChI=1S/C33H28O7/c1-4-39-30(35)33-29-26-8-6-5-7-25(26)28(34)27(32(29,33)19-40-31(33)36)18-17-24(20-9-13-22(37-2)14-10-20)21-11-15-23(38-3)16-12-21/h5-18,29H,4,19H2,1-3H3/b27-18-/t29-,32+,33+/m1/s1. The van der Waals surface area contributed by atoms with Crippen molar-refractivity contribution in [3.8, 4) is 11.5 Å². The Bertz CT molecular complexity index is 1530. The summed E-state index contributed by atoms with van der Waals surface area (Å²) >= 11 is 0. The molecule has 0 radical (unpaired) electrons. The number of carbonyl (C=O) groups is 3. The molecule has 0 unspecified atom stereocenters. The summed E-state index contributed by atoms with van der Waals surface area (Å²) in [5.41, 5.74) is 1.47. The number of rotatable bonds is 7. The van der Waals surface area contributed by atoms with Crippen LogP contribution >= 0.6 is 0 Å². The van der Waals surface area contributed by atoms with Gasteiger partial charge in [0.05, 0.1) is 26.2 Å². The number of fused-ring (bicyclic) bond motifs is 3. The molecule has 1 saturated carbocycles. The first-order valence-electron chi connectivity index (χ1n) is 13.1. The van der Waals surface area contributed by atoms with Gasteiger partial charge < -0.3 is 18.9 Å². The molecule has 2 aliphatic carbocycles. The van der Waals surface area contributed by atoms with Crippen molar-refractivity contribution in [2.75, 3.05) is 27.4 Å². The van der Waals surface area contributed by atoms with E-state index in [1.807, 2.05) is 66.7 Å². The number of hydrogen-bond acceptors (Lipinski definition) is 7. The van der Waals surface area contributed by atoms with Gasteiger partial charge in [-0.25, -0.2) is 0 Å². The molecule has 3 aliphatic rings. The minimum Gasteiger partial charge on any atom is -0.497 e. The Labute approximate surface area is 232 Å². The zero-order chi connectivity index (χ0) is 28.1. The molecule has 3 aromatic rings. The highest BCUT2D eigenvalue weighted by Crippen LogP contribution is 2.83. The van der Waals surface area contributed by atoms with Crippen molar-refractivity contribution >= 4 is 23.3 Å². The van der Waals surface area contributed by atoms with Crippen LogP contribution in [0.1, 0.15) is 39.9 Å². The summed E-state index contributed by atoms with van der Waals surface area (Å²) in [4.78, 5) is 40.7. The van der Waals surface area contributed by atoms with E-state index in [9.17, 15) is 14.4 Å². The lowest BCUT2D eigenvalue weighted by molar-refractivity contribution is -0.160. The number of esters is 2. The van der Waals surface area contributed by atoms with Crippen LogP contribution in [0.5, 0.6) is 11.5 Å². The fourth-order valence-electron chi connectivity index (χ4n) is 6.49. The number of allylic oxidation sites excluding steroid dienone is 2. The van der Waals surface area contributed by atoms with Gasteiger partial charge in [-0.3, -0.25) is 14.4 Å². The maximum atomic E-state index is 14.0. The van der Waals surface area contributed by atoms with Crippen molar-refractivity contribution < 1.29 is 33.3 Å². The van der Waals surface area contributed by atoms with Gasteiger partial charge in [0, 0.05) is 17.1 Å². The molecule has 7 nitrogen and oxygen atoms in total. The molecule has 0 bridgehead atoms. The third-order valence-corrected chi connectivity index (χ3v) is 8.36. The van der Waals surface area contributed by atoms with E-state index >= 15 is 0 Å². The van der Waals surface area contributed by atoms with Crippen LogP contribution in [0, 0.1) is 10.8 Å². The summed E-state index contributed by atoms with van der Waals surface area (Å²) in [6, 6.07) is 22.4. The van der Waals surface area contributed by atoms with Crippen LogP contribution in [0.4, 0.5) is 0 Å². The average molecular weight is 537 g/mol. The van der Waals surface area contributed by atoms with Gasteiger partial charge in [0.25, 0.3) is 0 Å². The Morgan fingerprint density at radius 2 is 1.52 bits per heavy atom. The van der Waals surface area contributed by atoms with E-state index in [1.54, 1.807) is 39.4 Å². The highest BCUT2D eigenvalue weighted by atomic mass is 16.6. The second kappa shape index (κ2) is 9.52. The molecular formula is C33H28O7.